The van der Waals surface area contributed by atoms with Crippen molar-refractivity contribution in [2.75, 3.05) is 26.7 Å². The highest BCUT2D eigenvalue weighted by Crippen LogP contribution is 2.29. The molecule has 1 aliphatic heterocycles. The van der Waals surface area contributed by atoms with Crippen molar-refractivity contribution < 1.29 is 27.5 Å². The van der Waals surface area contributed by atoms with E-state index in [-0.39, 0.29) is 11.8 Å². The summed E-state index contributed by atoms with van der Waals surface area (Å²) in [7, 11) is 1.68. The lowest BCUT2D eigenvalue weighted by Gasteiger charge is -2.34. The molecule has 0 spiro atoms. The average Bonchev–Trinajstić information content (AvgIpc) is 2.64. The predicted octanol–water partition coefficient (Wildman–Crippen LogP) is 4.82. The van der Waals surface area contributed by atoms with Crippen LogP contribution in [-0.2, 0) is 15.7 Å². The minimum absolute atomic E-state index is 0.139. The largest absolute Gasteiger partial charge is 0.444 e. The SMILES string of the molecule is CN(CC1CCCN(C(=O)C=Cc2ccc(C(F)(F)F)cc2)C1)C(=O)OC(C)(C)C. The van der Waals surface area contributed by atoms with Gasteiger partial charge in [0.25, 0.3) is 0 Å². The molecule has 0 N–H and O–H groups in total. The Kier molecular flexibility index (Phi) is 7.55. The Labute approximate surface area is 175 Å². The molecular weight excluding hydrogens is 397 g/mol. The summed E-state index contributed by atoms with van der Waals surface area (Å²) >= 11 is 0. The van der Waals surface area contributed by atoms with E-state index in [4.69, 9.17) is 4.74 Å². The van der Waals surface area contributed by atoms with Crippen molar-refractivity contribution in [2.24, 2.45) is 5.92 Å². The summed E-state index contributed by atoms with van der Waals surface area (Å²) in [6.07, 6.45) is -0.158. The van der Waals surface area contributed by atoms with Crippen molar-refractivity contribution in [3.05, 3.63) is 41.5 Å². The first kappa shape index (κ1) is 23.8. The Morgan fingerprint density at radius 1 is 1.20 bits per heavy atom. The number of alkyl halides is 3. The van der Waals surface area contributed by atoms with Crippen molar-refractivity contribution in [1.29, 1.82) is 0 Å². The Hall–Kier alpha value is -2.51. The summed E-state index contributed by atoms with van der Waals surface area (Å²) in [6.45, 7) is 7.04. The molecule has 2 amide bonds. The van der Waals surface area contributed by atoms with E-state index in [1.165, 1.54) is 29.2 Å². The highest BCUT2D eigenvalue weighted by Gasteiger charge is 2.30. The molecule has 30 heavy (non-hydrogen) atoms. The number of hydrogen-bond acceptors (Lipinski definition) is 3. The third-order valence-corrected chi connectivity index (χ3v) is 4.72. The molecule has 0 aromatic heterocycles. The van der Waals surface area contributed by atoms with Gasteiger partial charge in [0.05, 0.1) is 5.56 Å². The van der Waals surface area contributed by atoms with E-state index in [1.807, 2.05) is 20.8 Å². The lowest BCUT2D eigenvalue weighted by molar-refractivity contribution is -0.137. The van der Waals surface area contributed by atoms with Gasteiger partial charge in [-0.05, 0) is 63.3 Å². The molecule has 1 unspecified atom stereocenters. The van der Waals surface area contributed by atoms with Gasteiger partial charge in [-0.25, -0.2) is 4.79 Å². The van der Waals surface area contributed by atoms with Gasteiger partial charge >= 0.3 is 12.3 Å². The van der Waals surface area contributed by atoms with Crippen molar-refractivity contribution >= 4 is 18.1 Å². The summed E-state index contributed by atoms with van der Waals surface area (Å²) in [5, 5.41) is 0. The van der Waals surface area contributed by atoms with Crippen LogP contribution in [0.15, 0.2) is 30.3 Å². The standard InChI is InChI=1S/C22H29F3N2O3/c1-21(2,3)30-20(29)26(4)14-17-6-5-13-27(15-17)19(28)12-9-16-7-10-18(11-8-16)22(23,24)25/h7-12,17H,5-6,13-15H2,1-4H3. The summed E-state index contributed by atoms with van der Waals surface area (Å²) in [5.41, 5.74) is -0.767. The fraction of sp³-hybridized carbons (Fsp3) is 0.545. The first-order valence-electron chi connectivity index (χ1n) is 9.93. The molecule has 1 atom stereocenters. The molecule has 1 aliphatic rings. The van der Waals surface area contributed by atoms with Crippen LogP contribution in [0.2, 0.25) is 0 Å². The van der Waals surface area contributed by atoms with Crippen LogP contribution in [0.5, 0.6) is 0 Å². The van der Waals surface area contributed by atoms with E-state index in [2.05, 4.69) is 0 Å². The number of piperidine rings is 1. The quantitative estimate of drug-likeness (QED) is 0.649. The second-order valence-electron chi connectivity index (χ2n) is 8.61. The van der Waals surface area contributed by atoms with Crippen molar-refractivity contribution in [3.63, 3.8) is 0 Å². The van der Waals surface area contributed by atoms with Gasteiger partial charge in [0, 0.05) is 32.8 Å². The zero-order valence-corrected chi connectivity index (χ0v) is 17.8. The molecule has 2 rings (SSSR count). The van der Waals surface area contributed by atoms with Gasteiger partial charge in [0.15, 0.2) is 0 Å². The molecule has 0 saturated carbocycles. The monoisotopic (exact) mass is 426 g/mol. The molecule has 1 aromatic rings. The fourth-order valence-electron chi connectivity index (χ4n) is 3.27. The van der Waals surface area contributed by atoms with E-state index in [9.17, 15) is 22.8 Å². The molecule has 0 bridgehead atoms. The summed E-state index contributed by atoms with van der Waals surface area (Å²) in [6, 6.07) is 4.66. The first-order chi connectivity index (χ1) is 13.8. The van der Waals surface area contributed by atoms with E-state index in [0.717, 1.165) is 25.0 Å². The van der Waals surface area contributed by atoms with Gasteiger partial charge in [-0.1, -0.05) is 12.1 Å². The van der Waals surface area contributed by atoms with Crippen LogP contribution in [0.4, 0.5) is 18.0 Å². The highest BCUT2D eigenvalue weighted by molar-refractivity contribution is 5.91. The van der Waals surface area contributed by atoms with Gasteiger partial charge in [-0.2, -0.15) is 13.2 Å². The smallest absolute Gasteiger partial charge is 0.416 e. The molecule has 0 radical (unpaired) electrons. The lowest BCUT2D eigenvalue weighted by Crippen LogP contribution is -2.44. The van der Waals surface area contributed by atoms with E-state index < -0.39 is 23.4 Å². The molecule has 0 aliphatic carbocycles. The third-order valence-electron chi connectivity index (χ3n) is 4.72. The second kappa shape index (κ2) is 9.53. The lowest BCUT2D eigenvalue weighted by atomic mass is 9.97. The average molecular weight is 426 g/mol. The van der Waals surface area contributed by atoms with Crippen molar-refractivity contribution in [3.8, 4) is 0 Å². The maximum absolute atomic E-state index is 12.6. The number of rotatable bonds is 4. The highest BCUT2D eigenvalue weighted by atomic mass is 19.4. The number of benzene rings is 1. The zero-order valence-electron chi connectivity index (χ0n) is 17.8. The molecule has 1 saturated heterocycles. The third kappa shape index (κ3) is 7.39. The molecular formula is C22H29F3N2O3. The van der Waals surface area contributed by atoms with Crippen LogP contribution in [0.25, 0.3) is 6.08 Å². The summed E-state index contributed by atoms with van der Waals surface area (Å²) in [4.78, 5) is 27.9. The normalized spacial score (nSPS) is 17.8. The molecule has 1 fully saturated rings. The molecule has 166 valence electrons. The van der Waals surface area contributed by atoms with Crippen LogP contribution in [-0.4, -0.2) is 54.1 Å². The number of likely N-dealkylation sites (tertiary alicyclic amines) is 1. The van der Waals surface area contributed by atoms with Crippen molar-refractivity contribution in [1.82, 2.24) is 9.80 Å². The number of hydrogen-bond donors (Lipinski definition) is 0. The van der Waals surface area contributed by atoms with Crippen molar-refractivity contribution in [2.45, 2.75) is 45.4 Å². The Morgan fingerprint density at radius 2 is 1.83 bits per heavy atom. The zero-order chi connectivity index (χ0) is 22.5. The Morgan fingerprint density at radius 3 is 2.40 bits per heavy atom. The fourth-order valence-corrected chi connectivity index (χ4v) is 3.27. The number of amides is 2. The Bertz CT molecular complexity index is 767. The van der Waals surface area contributed by atoms with E-state index >= 15 is 0 Å². The van der Waals surface area contributed by atoms with Gasteiger partial charge in [-0.15, -0.1) is 0 Å². The maximum atomic E-state index is 12.6. The first-order valence-corrected chi connectivity index (χ1v) is 9.93. The van der Waals surface area contributed by atoms with Crippen LogP contribution in [0.3, 0.4) is 0 Å². The number of nitrogens with zero attached hydrogens (tertiary/aromatic N) is 2. The minimum atomic E-state index is -4.38. The number of carbonyl (C=O) groups is 2. The van der Waals surface area contributed by atoms with Gasteiger partial charge in [-0.3, -0.25) is 4.79 Å². The molecule has 5 nitrogen and oxygen atoms in total. The van der Waals surface area contributed by atoms with Gasteiger partial charge in [0.2, 0.25) is 5.91 Å². The molecule has 1 heterocycles. The van der Waals surface area contributed by atoms with Gasteiger partial charge in [0.1, 0.15) is 5.60 Å². The number of carbonyl (C=O) groups excluding carboxylic acids is 2. The van der Waals surface area contributed by atoms with Gasteiger partial charge < -0.3 is 14.5 Å². The van der Waals surface area contributed by atoms with Crippen LogP contribution in [0.1, 0.15) is 44.7 Å². The second-order valence-corrected chi connectivity index (χ2v) is 8.61. The minimum Gasteiger partial charge on any atom is -0.444 e. The topological polar surface area (TPSA) is 49.9 Å². The Balaban J connectivity index is 1.90. The predicted molar refractivity (Wildman–Crippen MR) is 109 cm³/mol. The number of ether oxygens (including phenoxy) is 1. The van der Waals surface area contributed by atoms with Crippen LogP contribution in [0, 0.1) is 5.92 Å². The van der Waals surface area contributed by atoms with Crippen LogP contribution >= 0.6 is 0 Å². The molecule has 1 aromatic carbocycles. The maximum Gasteiger partial charge on any atom is 0.416 e. The number of halogens is 3. The van der Waals surface area contributed by atoms with E-state index in [1.54, 1.807) is 11.9 Å². The van der Waals surface area contributed by atoms with E-state index in [0.29, 0.717) is 25.2 Å². The summed E-state index contributed by atoms with van der Waals surface area (Å²) < 4.78 is 43.2. The summed E-state index contributed by atoms with van der Waals surface area (Å²) in [5.74, 6) is -0.0563. The molecule has 8 heteroatoms. The van der Waals surface area contributed by atoms with Crippen LogP contribution < -0.4 is 0 Å².